The van der Waals surface area contributed by atoms with Crippen LogP contribution in [-0.4, -0.2) is 35.4 Å². The van der Waals surface area contributed by atoms with Gasteiger partial charge in [0.05, 0.1) is 24.4 Å². The molecule has 3 N–H and O–H groups in total. The van der Waals surface area contributed by atoms with Crippen molar-refractivity contribution < 1.29 is 9.53 Å². The summed E-state index contributed by atoms with van der Waals surface area (Å²) >= 11 is 1.75. The summed E-state index contributed by atoms with van der Waals surface area (Å²) in [5.41, 5.74) is 9.76. The van der Waals surface area contributed by atoms with Gasteiger partial charge in [-0.05, 0) is 55.3 Å². The summed E-state index contributed by atoms with van der Waals surface area (Å²) < 4.78 is 5.19. The van der Waals surface area contributed by atoms with Gasteiger partial charge in [-0.2, -0.15) is 0 Å². The van der Waals surface area contributed by atoms with Crippen molar-refractivity contribution in [2.24, 2.45) is 4.99 Å². The molecule has 0 aliphatic carbocycles. The minimum atomic E-state index is -0.186. The van der Waals surface area contributed by atoms with Gasteiger partial charge in [-0.3, -0.25) is 4.79 Å². The number of carbonyl (C=O) groups excluding carboxylic acids is 1. The lowest BCUT2D eigenvalue weighted by Gasteiger charge is -2.40. The van der Waals surface area contributed by atoms with Crippen molar-refractivity contribution in [3.63, 3.8) is 0 Å². The van der Waals surface area contributed by atoms with Crippen LogP contribution in [0.15, 0.2) is 64.8 Å². The Morgan fingerprint density at radius 3 is 2.62 bits per heavy atom. The number of amidine groups is 1. The quantitative estimate of drug-likeness (QED) is 0.747. The summed E-state index contributed by atoms with van der Waals surface area (Å²) in [6, 6.07) is 14.9. The summed E-state index contributed by atoms with van der Waals surface area (Å²) in [6.07, 6.45) is 1.06. The van der Waals surface area contributed by atoms with Crippen molar-refractivity contribution >= 4 is 34.2 Å². The first kappa shape index (κ1) is 19.4. The first-order valence-electron chi connectivity index (χ1n) is 9.56. The monoisotopic (exact) mass is 408 g/mol. The molecular formula is C22H24N4O2S. The molecule has 1 fully saturated rings. The van der Waals surface area contributed by atoms with Crippen LogP contribution in [-0.2, 0) is 4.79 Å². The number of carbonyl (C=O) groups is 1. The van der Waals surface area contributed by atoms with Gasteiger partial charge in [0, 0.05) is 23.7 Å². The van der Waals surface area contributed by atoms with Gasteiger partial charge in [-0.25, -0.2) is 4.99 Å². The lowest BCUT2D eigenvalue weighted by atomic mass is 9.93. The molecule has 6 nitrogen and oxygen atoms in total. The number of hydrogen-bond donors (Lipinski definition) is 2. The van der Waals surface area contributed by atoms with Crippen molar-refractivity contribution in [2.45, 2.75) is 19.4 Å². The minimum Gasteiger partial charge on any atom is -0.497 e. The standard InChI is InChI=1S/C22H24N4O2S/c1-14-19(21(27)25-17-8-10-18(28-2)11-9-17)20(15-4-6-16(23)7-5-15)26-12-3-13-29-22(26)24-14/h4-11,20H,3,12-13,23H2,1-2H3,(H,25,27)/t20-/m0/s1. The molecule has 2 aromatic carbocycles. The fraction of sp³-hybridized carbons (Fsp3) is 0.273. The number of allylic oxidation sites excluding steroid dienone is 1. The topological polar surface area (TPSA) is 80.0 Å². The van der Waals surface area contributed by atoms with Crippen molar-refractivity contribution in [2.75, 3.05) is 30.5 Å². The fourth-order valence-electron chi connectivity index (χ4n) is 3.66. The van der Waals surface area contributed by atoms with Crippen molar-refractivity contribution in [3.05, 3.63) is 65.4 Å². The third-order valence-corrected chi connectivity index (χ3v) is 6.18. The summed E-state index contributed by atoms with van der Waals surface area (Å²) in [5.74, 6) is 1.65. The molecule has 4 rings (SSSR count). The lowest BCUT2D eigenvalue weighted by molar-refractivity contribution is -0.113. The van der Waals surface area contributed by atoms with Gasteiger partial charge < -0.3 is 20.7 Å². The fourth-order valence-corrected chi connectivity index (χ4v) is 4.68. The molecule has 0 radical (unpaired) electrons. The van der Waals surface area contributed by atoms with E-state index in [-0.39, 0.29) is 11.9 Å². The van der Waals surface area contributed by atoms with E-state index in [1.165, 1.54) is 0 Å². The molecule has 2 heterocycles. The highest BCUT2D eigenvalue weighted by molar-refractivity contribution is 8.13. The molecule has 7 heteroatoms. The molecule has 1 atom stereocenters. The second-order valence-corrected chi connectivity index (χ2v) is 8.10. The van der Waals surface area contributed by atoms with Crippen LogP contribution >= 0.6 is 11.8 Å². The molecule has 0 bridgehead atoms. The van der Waals surface area contributed by atoms with Crippen molar-refractivity contribution in [1.29, 1.82) is 0 Å². The molecule has 2 aliphatic rings. The highest BCUT2D eigenvalue weighted by atomic mass is 32.2. The predicted octanol–water partition coefficient (Wildman–Crippen LogP) is 4.04. The third-order valence-electron chi connectivity index (χ3n) is 5.10. The van der Waals surface area contributed by atoms with Crippen molar-refractivity contribution in [1.82, 2.24) is 4.90 Å². The highest BCUT2D eigenvalue weighted by Gasteiger charge is 2.37. The molecular weight excluding hydrogens is 384 g/mol. The number of aliphatic imine (C=N–C) groups is 1. The largest absolute Gasteiger partial charge is 0.497 e. The highest BCUT2D eigenvalue weighted by Crippen LogP contribution is 2.40. The average molecular weight is 409 g/mol. The zero-order chi connectivity index (χ0) is 20.4. The number of methoxy groups -OCH3 is 1. The number of rotatable bonds is 4. The van der Waals surface area contributed by atoms with Crippen LogP contribution in [0.5, 0.6) is 5.75 Å². The van der Waals surface area contributed by atoms with E-state index >= 15 is 0 Å². The Labute approximate surface area is 174 Å². The first-order chi connectivity index (χ1) is 14.1. The second-order valence-electron chi connectivity index (χ2n) is 7.04. The zero-order valence-corrected chi connectivity index (χ0v) is 17.3. The Bertz CT molecular complexity index is 967. The number of nitrogens with one attached hydrogen (secondary N) is 1. The molecule has 2 aromatic rings. The van der Waals surface area contributed by atoms with E-state index in [9.17, 15) is 4.79 Å². The number of ether oxygens (including phenoxy) is 1. The van der Waals surface area contributed by atoms with Gasteiger partial charge in [0.15, 0.2) is 5.17 Å². The molecule has 1 saturated heterocycles. The van der Waals surface area contributed by atoms with Crippen LogP contribution in [0.25, 0.3) is 0 Å². The number of thioether (sulfide) groups is 1. The molecule has 0 aromatic heterocycles. The van der Waals surface area contributed by atoms with Gasteiger partial charge in [0.1, 0.15) is 5.75 Å². The van der Waals surface area contributed by atoms with Crippen LogP contribution in [0.3, 0.4) is 0 Å². The number of nitrogen functional groups attached to an aromatic ring is 1. The van der Waals surface area contributed by atoms with Crippen LogP contribution in [0, 0.1) is 0 Å². The van der Waals surface area contributed by atoms with Gasteiger partial charge in [-0.1, -0.05) is 23.9 Å². The predicted molar refractivity (Wildman–Crippen MR) is 119 cm³/mol. The molecule has 0 spiro atoms. The summed E-state index contributed by atoms with van der Waals surface area (Å²) in [6.45, 7) is 2.78. The Morgan fingerprint density at radius 1 is 1.21 bits per heavy atom. The van der Waals surface area contributed by atoms with Crippen LogP contribution in [0.1, 0.15) is 24.9 Å². The normalized spacial score (nSPS) is 18.8. The Morgan fingerprint density at radius 2 is 1.93 bits per heavy atom. The van der Waals surface area contributed by atoms with Crippen LogP contribution < -0.4 is 15.8 Å². The van der Waals surface area contributed by atoms with Crippen LogP contribution in [0.2, 0.25) is 0 Å². The van der Waals surface area contributed by atoms with Gasteiger partial charge in [-0.15, -0.1) is 0 Å². The number of hydrogen-bond acceptors (Lipinski definition) is 6. The van der Waals surface area contributed by atoms with E-state index in [2.05, 4.69) is 10.2 Å². The molecule has 0 unspecified atom stereocenters. The maximum absolute atomic E-state index is 13.3. The Balaban J connectivity index is 1.70. The van der Waals surface area contributed by atoms with E-state index in [4.69, 9.17) is 15.5 Å². The van der Waals surface area contributed by atoms with Crippen molar-refractivity contribution in [3.8, 4) is 5.75 Å². The Kier molecular flexibility index (Phi) is 5.49. The zero-order valence-electron chi connectivity index (χ0n) is 16.5. The average Bonchev–Trinajstić information content (AvgIpc) is 2.74. The SMILES string of the molecule is COc1ccc(NC(=O)C2=C(C)N=C3SCCCN3[C@H]2c2ccc(N)cc2)cc1. The number of nitrogens with two attached hydrogens (primary N) is 1. The third kappa shape index (κ3) is 3.96. The maximum atomic E-state index is 13.3. The molecule has 150 valence electrons. The van der Waals surface area contributed by atoms with Gasteiger partial charge >= 0.3 is 0 Å². The van der Waals surface area contributed by atoms with Gasteiger partial charge in [0.25, 0.3) is 5.91 Å². The summed E-state index contributed by atoms with van der Waals surface area (Å²) in [4.78, 5) is 20.3. The number of nitrogens with zero attached hydrogens (tertiary/aromatic N) is 2. The van der Waals surface area contributed by atoms with E-state index in [0.29, 0.717) is 11.3 Å². The van der Waals surface area contributed by atoms with E-state index in [1.807, 2.05) is 55.5 Å². The maximum Gasteiger partial charge on any atom is 0.255 e. The summed E-state index contributed by atoms with van der Waals surface area (Å²) in [5, 5.41) is 4.00. The summed E-state index contributed by atoms with van der Waals surface area (Å²) in [7, 11) is 1.62. The number of benzene rings is 2. The van der Waals surface area contributed by atoms with E-state index in [1.54, 1.807) is 18.9 Å². The van der Waals surface area contributed by atoms with Crippen LogP contribution in [0.4, 0.5) is 11.4 Å². The minimum absolute atomic E-state index is 0.145. The number of amides is 1. The van der Waals surface area contributed by atoms with E-state index in [0.717, 1.165) is 46.6 Å². The first-order valence-corrected chi connectivity index (χ1v) is 10.5. The molecule has 29 heavy (non-hydrogen) atoms. The van der Waals surface area contributed by atoms with Gasteiger partial charge in [0.2, 0.25) is 0 Å². The second kappa shape index (κ2) is 8.21. The molecule has 2 aliphatic heterocycles. The molecule has 0 saturated carbocycles. The molecule has 1 amide bonds. The lowest BCUT2D eigenvalue weighted by Crippen LogP contribution is -2.43. The van der Waals surface area contributed by atoms with E-state index < -0.39 is 0 Å². The number of anilines is 2. The number of fused-ring (bicyclic) bond motifs is 1. The Hall–Kier alpha value is -2.93. The smallest absolute Gasteiger partial charge is 0.255 e.